The van der Waals surface area contributed by atoms with Crippen LogP contribution in [0.2, 0.25) is 5.15 Å². The molecule has 0 amide bonds. The third-order valence-corrected chi connectivity index (χ3v) is 2.33. The van der Waals surface area contributed by atoms with Gasteiger partial charge in [-0.05, 0) is 23.7 Å². The topological polar surface area (TPSA) is 74.5 Å². The molecule has 0 aliphatic carbocycles. The Kier molecular flexibility index (Phi) is 3.41. The number of halogens is 1. The van der Waals surface area contributed by atoms with Crippen LogP contribution in [0.3, 0.4) is 0 Å². The van der Waals surface area contributed by atoms with Gasteiger partial charge in [0.1, 0.15) is 11.5 Å². The molecule has 0 atom stereocenters. The Labute approximate surface area is 102 Å². The quantitative estimate of drug-likeness (QED) is 0.254. The van der Waals surface area contributed by atoms with E-state index >= 15 is 0 Å². The monoisotopic (exact) mass is 243 g/mol. The minimum absolute atomic E-state index is 0.146. The van der Waals surface area contributed by atoms with E-state index in [4.69, 9.17) is 17.1 Å². The zero-order valence-corrected chi connectivity index (χ0v) is 9.39. The van der Waals surface area contributed by atoms with Gasteiger partial charge in [0.05, 0.1) is 12.1 Å². The Hall–Kier alpha value is -2.28. The van der Waals surface area contributed by atoms with Crippen LogP contribution < -0.4 is 0 Å². The maximum absolute atomic E-state index is 8.10. The van der Waals surface area contributed by atoms with Crippen molar-refractivity contribution in [2.45, 2.75) is 0 Å². The van der Waals surface area contributed by atoms with Gasteiger partial charge >= 0.3 is 0 Å². The molecule has 2 rings (SSSR count). The van der Waals surface area contributed by atoms with Crippen molar-refractivity contribution in [3.63, 3.8) is 0 Å². The van der Waals surface area contributed by atoms with Crippen LogP contribution in [0.15, 0.2) is 29.6 Å². The number of fused-ring (bicyclic) bond motifs is 1. The predicted octanol–water partition coefficient (Wildman–Crippen LogP) is 2.95. The van der Waals surface area contributed by atoms with Crippen LogP contribution in [0.5, 0.6) is 0 Å². The number of benzene rings is 1. The highest BCUT2D eigenvalue weighted by Crippen LogP contribution is 2.19. The first-order valence-electron chi connectivity index (χ1n) is 4.71. The van der Waals surface area contributed by atoms with Crippen LogP contribution in [0.1, 0.15) is 5.56 Å². The zero-order chi connectivity index (χ0) is 12.1. The minimum atomic E-state index is 0.146. The van der Waals surface area contributed by atoms with Gasteiger partial charge < -0.3 is 0 Å². The fourth-order valence-electron chi connectivity index (χ4n) is 1.31. The summed E-state index contributed by atoms with van der Waals surface area (Å²) >= 11 is 5.95. The molecule has 0 radical (unpaired) electrons. The van der Waals surface area contributed by atoms with Crippen molar-refractivity contribution in [2.24, 2.45) is 5.11 Å². The number of azide groups is 1. The Morgan fingerprint density at radius 2 is 2.29 bits per heavy atom. The Morgan fingerprint density at radius 1 is 1.41 bits per heavy atom. The molecule has 2 aromatic rings. The summed E-state index contributed by atoms with van der Waals surface area (Å²) in [5, 5.41) is 4.47. The van der Waals surface area contributed by atoms with Gasteiger partial charge in [-0.15, -0.1) is 0 Å². The van der Waals surface area contributed by atoms with Gasteiger partial charge in [-0.2, -0.15) is 0 Å². The third-order valence-electron chi connectivity index (χ3n) is 2.03. The summed E-state index contributed by atoms with van der Waals surface area (Å²) in [4.78, 5) is 10.6. The van der Waals surface area contributed by atoms with Crippen LogP contribution in [0.4, 0.5) is 0 Å². The maximum atomic E-state index is 8.10. The first-order chi connectivity index (χ1) is 8.31. The lowest BCUT2D eigenvalue weighted by Crippen LogP contribution is -1.85. The highest BCUT2D eigenvalue weighted by Gasteiger charge is 2.00. The molecule has 0 N–H and O–H groups in total. The molecule has 1 aromatic heterocycles. The van der Waals surface area contributed by atoms with E-state index in [0.717, 1.165) is 16.5 Å². The second-order valence-corrected chi connectivity index (χ2v) is 3.45. The fraction of sp³-hybridized carbons (Fsp3) is 0.0909. The molecule has 0 aliphatic heterocycles. The molecule has 82 valence electrons. The predicted molar refractivity (Wildman–Crippen MR) is 65.4 cm³/mol. The van der Waals surface area contributed by atoms with Crippen LogP contribution in [0.25, 0.3) is 21.3 Å². The van der Waals surface area contributed by atoms with E-state index in [9.17, 15) is 0 Å². The van der Waals surface area contributed by atoms with E-state index in [1.165, 1.54) is 6.33 Å². The van der Waals surface area contributed by atoms with Crippen LogP contribution in [0, 0.1) is 11.8 Å². The van der Waals surface area contributed by atoms with Crippen molar-refractivity contribution >= 4 is 22.5 Å². The van der Waals surface area contributed by atoms with Crippen molar-refractivity contribution in [3.05, 3.63) is 45.7 Å². The number of hydrogen-bond acceptors (Lipinski definition) is 3. The normalized spacial score (nSPS) is 9.24. The van der Waals surface area contributed by atoms with Gasteiger partial charge in [0, 0.05) is 15.9 Å². The largest absolute Gasteiger partial charge is 0.236 e. The summed E-state index contributed by atoms with van der Waals surface area (Å²) < 4.78 is 0. The molecule has 1 aromatic carbocycles. The van der Waals surface area contributed by atoms with Crippen molar-refractivity contribution in [1.29, 1.82) is 0 Å². The molecule has 5 nitrogen and oxygen atoms in total. The molecule has 0 unspecified atom stereocenters. The zero-order valence-electron chi connectivity index (χ0n) is 8.63. The standard InChI is InChI=1S/C11H6ClN5/c12-11-9-6-8(2-1-5-16-17-13)3-4-10(9)14-7-15-11/h3-4,6-7H,5H2. The number of aromatic nitrogens is 2. The van der Waals surface area contributed by atoms with Crippen molar-refractivity contribution in [2.75, 3.05) is 6.54 Å². The molecule has 0 saturated carbocycles. The number of rotatable bonds is 1. The molecule has 0 fully saturated rings. The molecule has 6 heteroatoms. The molecule has 0 spiro atoms. The van der Waals surface area contributed by atoms with Crippen molar-refractivity contribution in [3.8, 4) is 11.8 Å². The van der Waals surface area contributed by atoms with Gasteiger partial charge in [0.2, 0.25) is 0 Å². The van der Waals surface area contributed by atoms with E-state index in [-0.39, 0.29) is 6.54 Å². The highest BCUT2D eigenvalue weighted by atomic mass is 35.5. The Balaban J connectivity index is 2.39. The molecule has 0 aliphatic rings. The average Bonchev–Trinajstić information content (AvgIpc) is 2.36. The second-order valence-electron chi connectivity index (χ2n) is 3.09. The van der Waals surface area contributed by atoms with Crippen molar-refractivity contribution in [1.82, 2.24) is 9.97 Å². The maximum Gasteiger partial charge on any atom is 0.140 e. The lowest BCUT2D eigenvalue weighted by atomic mass is 10.1. The third kappa shape index (κ3) is 2.64. The molecular weight excluding hydrogens is 238 g/mol. The van der Waals surface area contributed by atoms with Gasteiger partial charge in [-0.3, -0.25) is 0 Å². The van der Waals surface area contributed by atoms with Crippen LogP contribution in [-0.4, -0.2) is 16.5 Å². The van der Waals surface area contributed by atoms with E-state index in [0.29, 0.717) is 5.15 Å². The SMILES string of the molecule is [N-]=[N+]=NCC#Cc1ccc2ncnc(Cl)c2c1. The summed E-state index contributed by atoms with van der Waals surface area (Å²) in [5.74, 6) is 5.60. The summed E-state index contributed by atoms with van der Waals surface area (Å²) in [6.45, 7) is 0.146. The van der Waals surface area contributed by atoms with Crippen LogP contribution >= 0.6 is 11.6 Å². The Bertz CT molecular complexity index is 664. The summed E-state index contributed by atoms with van der Waals surface area (Å²) in [6, 6.07) is 5.45. The first-order valence-corrected chi connectivity index (χ1v) is 5.09. The van der Waals surface area contributed by atoms with Gasteiger partial charge in [-0.1, -0.05) is 28.6 Å². The van der Waals surface area contributed by atoms with Gasteiger partial charge in [-0.25, -0.2) is 9.97 Å². The van der Waals surface area contributed by atoms with Gasteiger partial charge in [0.25, 0.3) is 0 Å². The smallest absolute Gasteiger partial charge is 0.140 e. The average molecular weight is 244 g/mol. The molecule has 1 heterocycles. The minimum Gasteiger partial charge on any atom is -0.236 e. The first kappa shape index (κ1) is 11.2. The molecule has 17 heavy (non-hydrogen) atoms. The fourth-order valence-corrected chi connectivity index (χ4v) is 1.51. The highest BCUT2D eigenvalue weighted by molar-refractivity contribution is 6.34. The van der Waals surface area contributed by atoms with E-state index in [1.807, 2.05) is 12.1 Å². The van der Waals surface area contributed by atoms with Crippen LogP contribution in [-0.2, 0) is 0 Å². The van der Waals surface area contributed by atoms with E-state index in [1.54, 1.807) is 6.07 Å². The number of hydrogen-bond donors (Lipinski definition) is 0. The molecular formula is C11H6ClN5. The Morgan fingerprint density at radius 3 is 3.12 bits per heavy atom. The summed E-state index contributed by atoms with van der Waals surface area (Å²) in [6.07, 6.45) is 1.41. The van der Waals surface area contributed by atoms with E-state index < -0.39 is 0 Å². The molecule has 0 bridgehead atoms. The number of nitrogens with zero attached hydrogens (tertiary/aromatic N) is 5. The second kappa shape index (κ2) is 5.17. The summed E-state index contributed by atoms with van der Waals surface area (Å²) in [7, 11) is 0. The lowest BCUT2D eigenvalue weighted by Gasteiger charge is -1.98. The van der Waals surface area contributed by atoms with Gasteiger partial charge in [0.15, 0.2) is 0 Å². The van der Waals surface area contributed by atoms with E-state index in [2.05, 4.69) is 31.8 Å². The van der Waals surface area contributed by atoms with Crippen molar-refractivity contribution < 1.29 is 0 Å². The lowest BCUT2D eigenvalue weighted by molar-refractivity contribution is 1.22. The summed E-state index contributed by atoms with van der Waals surface area (Å²) in [5.41, 5.74) is 9.65. The molecule has 0 saturated heterocycles.